The number of aryl methyl sites for hydroxylation is 1. The van der Waals surface area contributed by atoms with Crippen LogP contribution in [-0.4, -0.2) is 16.7 Å². The van der Waals surface area contributed by atoms with Crippen LogP contribution in [0, 0.1) is 17.0 Å². The van der Waals surface area contributed by atoms with Gasteiger partial charge >= 0.3 is 0 Å². The van der Waals surface area contributed by atoms with Gasteiger partial charge in [-0.1, -0.05) is 23.7 Å². The maximum Gasteiger partial charge on any atom is 0.282 e. The lowest BCUT2D eigenvalue weighted by Gasteiger charge is -2.19. The fraction of sp³-hybridized carbons (Fsp3) is 0.0435. The summed E-state index contributed by atoms with van der Waals surface area (Å²) in [5, 5.41) is 11.4. The van der Waals surface area contributed by atoms with Crippen LogP contribution in [0.4, 0.5) is 11.4 Å². The summed E-state index contributed by atoms with van der Waals surface area (Å²) >= 11 is 6.01. The smallest absolute Gasteiger partial charge is 0.266 e. The molecule has 7 heteroatoms. The summed E-state index contributed by atoms with van der Waals surface area (Å²) in [4.78, 5) is 29.8. The van der Waals surface area contributed by atoms with Gasteiger partial charge in [0.15, 0.2) is 0 Å². The number of halogens is 1. The number of nitro benzene ring substituents is 1. The summed E-state index contributed by atoms with van der Waals surface area (Å²) in [7, 11) is 0. The van der Waals surface area contributed by atoms with Crippen molar-refractivity contribution in [1.29, 1.82) is 0 Å². The third-order valence-electron chi connectivity index (χ3n) is 4.63. The second-order valence-electron chi connectivity index (χ2n) is 6.80. The van der Waals surface area contributed by atoms with E-state index in [0.717, 1.165) is 11.1 Å². The van der Waals surface area contributed by atoms with Gasteiger partial charge in [-0.25, -0.2) is 4.99 Å². The molecule has 148 valence electrons. The van der Waals surface area contributed by atoms with Crippen LogP contribution in [0.5, 0.6) is 0 Å². The Labute approximate surface area is 177 Å². The zero-order valence-corrected chi connectivity index (χ0v) is 16.7. The molecule has 6 nitrogen and oxygen atoms in total. The highest BCUT2D eigenvalue weighted by atomic mass is 35.5. The summed E-state index contributed by atoms with van der Waals surface area (Å²) in [6.45, 7) is 1.96. The van der Waals surface area contributed by atoms with Crippen LogP contribution in [0.1, 0.15) is 16.7 Å². The van der Waals surface area contributed by atoms with Crippen molar-refractivity contribution in [1.82, 2.24) is 0 Å². The number of non-ortho nitro benzene ring substituents is 1. The monoisotopic (exact) mass is 417 g/mol. The summed E-state index contributed by atoms with van der Waals surface area (Å²) < 4.78 is 0. The lowest BCUT2D eigenvalue weighted by Crippen LogP contribution is -2.32. The zero-order valence-electron chi connectivity index (χ0n) is 15.9. The molecule has 1 aliphatic rings. The Morgan fingerprint density at radius 2 is 1.73 bits per heavy atom. The van der Waals surface area contributed by atoms with E-state index in [0.29, 0.717) is 22.1 Å². The normalized spacial score (nSPS) is 14.9. The highest BCUT2D eigenvalue weighted by molar-refractivity contribution is 6.34. The number of hydrogen-bond acceptors (Lipinski definition) is 4. The quantitative estimate of drug-likeness (QED) is 0.324. The van der Waals surface area contributed by atoms with Gasteiger partial charge in [0.2, 0.25) is 0 Å². The molecule has 1 heterocycles. The van der Waals surface area contributed by atoms with Crippen molar-refractivity contribution >= 4 is 40.8 Å². The van der Waals surface area contributed by atoms with Crippen molar-refractivity contribution < 1.29 is 9.72 Å². The average molecular weight is 418 g/mol. The predicted molar refractivity (Wildman–Crippen MR) is 118 cm³/mol. The second kappa shape index (κ2) is 7.93. The molecule has 1 amide bonds. The van der Waals surface area contributed by atoms with E-state index < -0.39 is 4.92 Å². The van der Waals surface area contributed by atoms with Gasteiger partial charge in [0.25, 0.3) is 11.6 Å². The van der Waals surface area contributed by atoms with Crippen molar-refractivity contribution in [2.24, 2.45) is 4.99 Å². The molecule has 0 atom stereocenters. The molecule has 1 aliphatic heterocycles. The van der Waals surface area contributed by atoms with Gasteiger partial charge in [-0.2, -0.15) is 0 Å². The van der Waals surface area contributed by atoms with Crippen LogP contribution < -0.4 is 4.90 Å². The lowest BCUT2D eigenvalue weighted by molar-refractivity contribution is -0.384. The minimum absolute atomic E-state index is 0.0124. The maximum absolute atomic E-state index is 13.3. The van der Waals surface area contributed by atoms with E-state index in [1.807, 2.05) is 43.3 Å². The molecular weight excluding hydrogens is 402 g/mol. The summed E-state index contributed by atoms with van der Waals surface area (Å²) in [5.74, 6) is 0.222. The number of amides is 1. The molecule has 0 N–H and O–H groups in total. The summed E-state index contributed by atoms with van der Waals surface area (Å²) in [6, 6.07) is 20.7. The Morgan fingerprint density at radius 1 is 1.03 bits per heavy atom. The zero-order chi connectivity index (χ0) is 21.3. The van der Waals surface area contributed by atoms with Gasteiger partial charge in [-0.3, -0.25) is 19.8 Å². The molecule has 0 spiro atoms. The Morgan fingerprint density at radius 3 is 2.37 bits per heavy atom. The van der Waals surface area contributed by atoms with Gasteiger partial charge in [-0.15, -0.1) is 0 Å². The van der Waals surface area contributed by atoms with Crippen molar-refractivity contribution in [2.45, 2.75) is 6.92 Å². The predicted octanol–water partition coefficient (Wildman–Crippen LogP) is 5.39. The van der Waals surface area contributed by atoms with Gasteiger partial charge in [0.1, 0.15) is 11.5 Å². The van der Waals surface area contributed by atoms with Gasteiger partial charge < -0.3 is 0 Å². The van der Waals surface area contributed by atoms with E-state index in [1.165, 1.54) is 12.1 Å². The highest BCUT2D eigenvalue weighted by Gasteiger charge is 2.32. The Bertz CT molecular complexity index is 1200. The molecule has 0 radical (unpaired) electrons. The number of amidine groups is 1. The molecule has 0 unspecified atom stereocenters. The summed E-state index contributed by atoms with van der Waals surface area (Å²) in [5.41, 5.74) is 3.36. The lowest BCUT2D eigenvalue weighted by atomic mass is 10.1. The number of carbonyl (C=O) groups is 1. The third kappa shape index (κ3) is 3.86. The number of anilines is 1. The maximum atomic E-state index is 13.3. The van der Waals surface area contributed by atoms with Crippen LogP contribution in [0.15, 0.2) is 83.5 Å². The van der Waals surface area contributed by atoms with Crippen LogP contribution in [0.25, 0.3) is 6.08 Å². The van der Waals surface area contributed by atoms with E-state index in [2.05, 4.69) is 4.99 Å². The van der Waals surface area contributed by atoms with Crippen molar-refractivity contribution in [3.8, 4) is 0 Å². The fourth-order valence-corrected chi connectivity index (χ4v) is 3.29. The first-order valence-electron chi connectivity index (χ1n) is 9.14. The molecule has 0 saturated heterocycles. The summed E-state index contributed by atoms with van der Waals surface area (Å²) in [6.07, 6.45) is 1.62. The molecule has 0 saturated carbocycles. The number of hydrogen-bond donors (Lipinski definition) is 0. The standard InChI is InChI=1S/C23H16ClN3O3/c1-15-3-2-4-20(13-15)26-22(17-7-9-18(24)10-8-17)25-21(23(26)28)14-16-5-11-19(12-6-16)27(29)30/h2-14H,1H3/b21-14+. The number of aliphatic imine (C=N–C) groups is 1. The van der Waals surface area contributed by atoms with Crippen LogP contribution in [0.3, 0.4) is 0 Å². The molecule has 3 aromatic carbocycles. The van der Waals surface area contributed by atoms with E-state index in [-0.39, 0.29) is 17.3 Å². The molecule has 30 heavy (non-hydrogen) atoms. The number of benzene rings is 3. The van der Waals surface area contributed by atoms with Crippen LogP contribution >= 0.6 is 11.6 Å². The average Bonchev–Trinajstić information content (AvgIpc) is 3.05. The minimum atomic E-state index is -0.464. The Balaban J connectivity index is 1.79. The topological polar surface area (TPSA) is 75.8 Å². The fourth-order valence-electron chi connectivity index (χ4n) is 3.17. The first-order chi connectivity index (χ1) is 14.4. The van der Waals surface area contributed by atoms with Gasteiger partial charge in [0, 0.05) is 22.7 Å². The van der Waals surface area contributed by atoms with Gasteiger partial charge in [0.05, 0.1) is 10.6 Å². The minimum Gasteiger partial charge on any atom is -0.266 e. The van der Waals surface area contributed by atoms with Crippen molar-refractivity contribution in [3.63, 3.8) is 0 Å². The number of nitrogens with zero attached hydrogens (tertiary/aromatic N) is 3. The van der Waals surface area contributed by atoms with E-state index >= 15 is 0 Å². The number of nitro groups is 1. The SMILES string of the molecule is Cc1cccc(N2C(=O)/C(=C\c3ccc([N+](=O)[O-])cc3)N=C2c2ccc(Cl)cc2)c1. The third-order valence-corrected chi connectivity index (χ3v) is 4.88. The molecule has 0 aromatic heterocycles. The molecule has 0 fully saturated rings. The molecule has 4 rings (SSSR count). The molecular formula is C23H16ClN3O3. The van der Waals surface area contributed by atoms with Gasteiger partial charge in [-0.05, 0) is 72.7 Å². The van der Waals surface area contributed by atoms with E-state index in [1.54, 1.807) is 35.2 Å². The Kier molecular flexibility index (Phi) is 5.16. The first kappa shape index (κ1) is 19.5. The Hall–Kier alpha value is -3.77. The number of rotatable bonds is 4. The molecule has 3 aromatic rings. The highest BCUT2D eigenvalue weighted by Crippen LogP contribution is 2.29. The van der Waals surface area contributed by atoms with Crippen molar-refractivity contribution in [2.75, 3.05) is 4.90 Å². The number of carbonyl (C=O) groups excluding carboxylic acids is 1. The first-order valence-corrected chi connectivity index (χ1v) is 9.52. The molecule has 0 bridgehead atoms. The van der Waals surface area contributed by atoms with E-state index in [9.17, 15) is 14.9 Å². The van der Waals surface area contributed by atoms with Crippen LogP contribution in [0.2, 0.25) is 5.02 Å². The largest absolute Gasteiger partial charge is 0.282 e. The van der Waals surface area contributed by atoms with E-state index in [4.69, 9.17) is 11.6 Å². The van der Waals surface area contributed by atoms with Crippen molar-refractivity contribution in [3.05, 3.63) is 110 Å². The van der Waals surface area contributed by atoms with Crippen LogP contribution in [-0.2, 0) is 4.79 Å². The second-order valence-corrected chi connectivity index (χ2v) is 7.24. The molecule has 0 aliphatic carbocycles.